The second-order valence-corrected chi connectivity index (χ2v) is 2.26. The monoisotopic (exact) mass is 164 g/mol. The highest BCUT2D eigenvalue weighted by atomic mass is 16.4. The van der Waals surface area contributed by atoms with Crippen LogP contribution in [0.15, 0.2) is 0 Å². The summed E-state index contributed by atoms with van der Waals surface area (Å²) in [4.78, 5) is 9.85. The molecule has 0 radical (unpaired) electrons. The van der Waals surface area contributed by atoms with Gasteiger partial charge in [-0.2, -0.15) is 0 Å². The van der Waals surface area contributed by atoms with Crippen molar-refractivity contribution < 1.29 is 25.2 Å². The maximum Gasteiger partial charge on any atom is 0.148 e. The molecule has 5 nitrogen and oxygen atoms in total. The van der Waals surface area contributed by atoms with Crippen LogP contribution >= 0.6 is 0 Å². The first-order chi connectivity index (χ1) is 5.11. The van der Waals surface area contributed by atoms with Gasteiger partial charge in [-0.05, 0) is 0 Å². The van der Waals surface area contributed by atoms with Crippen molar-refractivity contribution in [3.05, 3.63) is 0 Å². The fourth-order valence-electron chi connectivity index (χ4n) is 0.582. The Hall–Kier alpha value is -0.490. The van der Waals surface area contributed by atoms with Crippen LogP contribution < -0.4 is 0 Å². The van der Waals surface area contributed by atoms with E-state index in [-0.39, 0.29) is 12.7 Å². The molecule has 0 unspecified atom stereocenters. The molecule has 0 heterocycles. The molecule has 0 saturated carbocycles. The molecule has 5 heteroatoms. The van der Waals surface area contributed by atoms with Gasteiger partial charge in [0, 0.05) is 6.42 Å². The van der Waals surface area contributed by atoms with Crippen LogP contribution in [0.4, 0.5) is 0 Å². The number of aldehydes is 1. The Balaban J connectivity index is 3.66. The van der Waals surface area contributed by atoms with Gasteiger partial charge in [-0.1, -0.05) is 0 Å². The first-order valence-electron chi connectivity index (χ1n) is 3.22. The predicted octanol–water partition coefficient (Wildman–Crippen LogP) is -2.35. The highest BCUT2D eigenvalue weighted by Crippen LogP contribution is 2.00. The fraction of sp³-hybridized carbons (Fsp3) is 0.833. The van der Waals surface area contributed by atoms with E-state index >= 15 is 0 Å². The minimum Gasteiger partial charge on any atom is -0.394 e. The number of hydrogen-bond donors (Lipinski definition) is 4. The van der Waals surface area contributed by atoms with E-state index in [2.05, 4.69) is 0 Å². The van der Waals surface area contributed by atoms with Crippen molar-refractivity contribution in [1.29, 1.82) is 0 Å². The Morgan fingerprint density at radius 2 is 1.73 bits per heavy atom. The van der Waals surface area contributed by atoms with E-state index in [0.717, 1.165) is 0 Å². The van der Waals surface area contributed by atoms with E-state index in [1.807, 2.05) is 0 Å². The number of carbonyl (C=O) groups is 1. The van der Waals surface area contributed by atoms with Crippen molar-refractivity contribution >= 4 is 6.29 Å². The smallest absolute Gasteiger partial charge is 0.148 e. The van der Waals surface area contributed by atoms with Crippen LogP contribution in [0.2, 0.25) is 0 Å². The predicted molar refractivity (Wildman–Crippen MR) is 35.8 cm³/mol. The lowest BCUT2D eigenvalue weighted by molar-refractivity contribution is -0.117. The van der Waals surface area contributed by atoms with Crippen molar-refractivity contribution in [3.8, 4) is 0 Å². The molecule has 0 aromatic carbocycles. The van der Waals surface area contributed by atoms with Gasteiger partial charge in [-0.25, -0.2) is 0 Å². The summed E-state index contributed by atoms with van der Waals surface area (Å²) in [6.45, 7) is -0.591. The van der Waals surface area contributed by atoms with Crippen LogP contribution in [0.5, 0.6) is 0 Å². The molecule has 0 aromatic rings. The van der Waals surface area contributed by atoms with E-state index in [1.165, 1.54) is 0 Å². The number of hydrogen-bond acceptors (Lipinski definition) is 5. The van der Waals surface area contributed by atoms with Crippen LogP contribution in [0.3, 0.4) is 0 Å². The fourth-order valence-corrected chi connectivity index (χ4v) is 0.582. The van der Waals surface area contributed by atoms with Gasteiger partial charge < -0.3 is 25.2 Å². The third kappa shape index (κ3) is 4.05. The van der Waals surface area contributed by atoms with Crippen LogP contribution in [-0.4, -0.2) is 51.6 Å². The summed E-state index contributed by atoms with van der Waals surface area (Å²) in [6.07, 6.45) is -3.85. The van der Waals surface area contributed by atoms with Crippen LogP contribution in [0.25, 0.3) is 0 Å². The minimum absolute atomic E-state index is 0.257. The normalized spacial score (nSPS) is 18.9. The average Bonchev–Trinajstić information content (AvgIpc) is 2.02. The van der Waals surface area contributed by atoms with Gasteiger partial charge in [-0.3, -0.25) is 0 Å². The van der Waals surface area contributed by atoms with Crippen molar-refractivity contribution in [1.82, 2.24) is 0 Å². The third-order valence-corrected chi connectivity index (χ3v) is 1.27. The molecule has 3 atom stereocenters. The molecular weight excluding hydrogens is 152 g/mol. The van der Waals surface area contributed by atoms with Crippen molar-refractivity contribution in [2.45, 2.75) is 24.7 Å². The summed E-state index contributed by atoms with van der Waals surface area (Å²) < 4.78 is 0. The van der Waals surface area contributed by atoms with Crippen molar-refractivity contribution in [2.75, 3.05) is 6.61 Å². The lowest BCUT2D eigenvalue weighted by atomic mass is 10.1. The van der Waals surface area contributed by atoms with Crippen molar-refractivity contribution in [2.24, 2.45) is 0 Å². The molecule has 0 fully saturated rings. The minimum atomic E-state index is -1.30. The maximum absolute atomic E-state index is 9.85. The molecule has 0 aromatic heterocycles. The zero-order chi connectivity index (χ0) is 8.85. The second kappa shape index (κ2) is 5.20. The molecule has 0 aliphatic heterocycles. The van der Waals surface area contributed by atoms with Gasteiger partial charge in [0.15, 0.2) is 0 Å². The summed E-state index contributed by atoms with van der Waals surface area (Å²) in [7, 11) is 0. The van der Waals surface area contributed by atoms with E-state index in [4.69, 9.17) is 20.4 Å². The topological polar surface area (TPSA) is 98.0 Å². The Morgan fingerprint density at radius 1 is 1.18 bits per heavy atom. The second-order valence-electron chi connectivity index (χ2n) is 2.26. The Kier molecular flexibility index (Phi) is 4.97. The zero-order valence-corrected chi connectivity index (χ0v) is 5.92. The SMILES string of the molecule is O=C[C@H](O)C[C@@H](O)[C@H](O)CO. The van der Waals surface area contributed by atoms with Gasteiger partial charge >= 0.3 is 0 Å². The van der Waals surface area contributed by atoms with Gasteiger partial charge in [0.2, 0.25) is 0 Å². The molecule has 0 rings (SSSR count). The number of aliphatic hydroxyl groups is 4. The average molecular weight is 164 g/mol. The summed E-state index contributed by atoms with van der Waals surface area (Å²) >= 11 is 0. The molecule has 11 heavy (non-hydrogen) atoms. The molecule has 0 spiro atoms. The molecule has 4 N–H and O–H groups in total. The maximum atomic E-state index is 9.85. The number of rotatable bonds is 5. The molecular formula is C6H12O5. The molecule has 0 aliphatic rings. The van der Waals surface area contributed by atoms with Gasteiger partial charge in [-0.15, -0.1) is 0 Å². The zero-order valence-electron chi connectivity index (χ0n) is 5.92. The van der Waals surface area contributed by atoms with Gasteiger partial charge in [0.05, 0.1) is 12.7 Å². The largest absolute Gasteiger partial charge is 0.394 e. The summed E-state index contributed by atoms with van der Waals surface area (Å²) in [5.41, 5.74) is 0. The number of carbonyl (C=O) groups excluding carboxylic acids is 1. The Bertz CT molecular complexity index is 116. The molecule has 0 amide bonds. The highest BCUT2D eigenvalue weighted by molar-refractivity contribution is 5.55. The van der Waals surface area contributed by atoms with E-state index in [1.54, 1.807) is 0 Å². The highest BCUT2D eigenvalue weighted by Gasteiger charge is 2.18. The van der Waals surface area contributed by atoms with E-state index in [9.17, 15) is 4.79 Å². The standard InChI is InChI=1S/C6H12O5/c7-2-4(9)1-5(10)6(11)3-8/h2,4-6,8-11H,1,3H2/t4-,5-,6-/m1/s1. The molecule has 0 bridgehead atoms. The van der Waals surface area contributed by atoms with Crippen LogP contribution in [-0.2, 0) is 4.79 Å². The molecule has 0 aliphatic carbocycles. The van der Waals surface area contributed by atoms with Crippen LogP contribution in [0.1, 0.15) is 6.42 Å². The third-order valence-electron chi connectivity index (χ3n) is 1.27. The molecule has 66 valence electrons. The number of aliphatic hydroxyl groups excluding tert-OH is 4. The Morgan fingerprint density at radius 3 is 2.09 bits per heavy atom. The van der Waals surface area contributed by atoms with Crippen molar-refractivity contribution in [3.63, 3.8) is 0 Å². The van der Waals surface area contributed by atoms with Gasteiger partial charge in [0.25, 0.3) is 0 Å². The quantitative estimate of drug-likeness (QED) is 0.341. The first kappa shape index (κ1) is 10.5. The molecule has 0 saturated heterocycles. The van der Waals surface area contributed by atoms with E-state index in [0.29, 0.717) is 0 Å². The lowest BCUT2D eigenvalue weighted by Gasteiger charge is -2.15. The lowest BCUT2D eigenvalue weighted by Crippen LogP contribution is -2.33. The first-order valence-corrected chi connectivity index (χ1v) is 3.22. The summed E-state index contributed by atoms with van der Waals surface area (Å²) in [5, 5.41) is 34.6. The summed E-state index contributed by atoms with van der Waals surface area (Å²) in [6, 6.07) is 0. The van der Waals surface area contributed by atoms with E-state index < -0.39 is 24.9 Å². The summed E-state index contributed by atoms with van der Waals surface area (Å²) in [5.74, 6) is 0. The van der Waals surface area contributed by atoms with Crippen LogP contribution in [0, 0.1) is 0 Å². The Labute approximate surface area is 63.9 Å². The van der Waals surface area contributed by atoms with Gasteiger partial charge in [0.1, 0.15) is 18.5 Å².